The number of nitrogens with one attached hydrogen (secondary N) is 1. The van der Waals surface area contributed by atoms with E-state index in [0.717, 1.165) is 5.56 Å². The molecule has 4 nitrogen and oxygen atoms in total. The standard InChI is InChI=1S/C13H19NO3/c1-9-5-6-10(12(15)16)11(7-9)14-8-13(2,3)17-4/h5-7,14H,8H2,1-4H3,(H,15,16). The van der Waals surface area contributed by atoms with Gasteiger partial charge in [-0.1, -0.05) is 6.07 Å². The Hall–Kier alpha value is -1.55. The summed E-state index contributed by atoms with van der Waals surface area (Å²) in [7, 11) is 1.63. The highest BCUT2D eigenvalue weighted by Gasteiger charge is 2.17. The molecule has 2 N–H and O–H groups in total. The smallest absolute Gasteiger partial charge is 0.337 e. The summed E-state index contributed by atoms with van der Waals surface area (Å²) in [5.41, 5.74) is 1.59. The third-order valence-electron chi connectivity index (χ3n) is 2.66. The average molecular weight is 237 g/mol. The van der Waals surface area contributed by atoms with Crippen molar-refractivity contribution >= 4 is 11.7 Å². The molecule has 1 aromatic rings. The highest BCUT2D eigenvalue weighted by Crippen LogP contribution is 2.19. The van der Waals surface area contributed by atoms with E-state index < -0.39 is 5.97 Å². The number of aromatic carboxylic acids is 1. The number of carboxylic acids is 1. The second-order valence-corrected chi connectivity index (χ2v) is 4.67. The Morgan fingerprint density at radius 3 is 2.65 bits per heavy atom. The van der Waals surface area contributed by atoms with E-state index in [9.17, 15) is 4.79 Å². The van der Waals surface area contributed by atoms with Crippen molar-refractivity contribution in [3.63, 3.8) is 0 Å². The Labute approximate surface area is 102 Å². The highest BCUT2D eigenvalue weighted by atomic mass is 16.5. The van der Waals surface area contributed by atoms with Crippen LogP contribution in [0.5, 0.6) is 0 Å². The molecule has 0 aromatic heterocycles. The molecule has 0 heterocycles. The van der Waals surface area contributed by atoms with E-state index in [4.69, 9.17) is 9.84 Å². The number of ether oxygens (including phenoxy) is 1. The van der Waals surface area contributed by atoms with Gasteiger partial charge in [-0.05, 0) is 38.5 Å². The Morgan fingerprint density at radius 2 is 2.12 bits per heavy atom. The van der Waals surface area contributed by atoms with Crippen LogP contribution in [0.2, 0.25) is 0 Å². The molecule has 0 spiro atoms. The number of anilines is 1. The summed E-state index contributed by atoms with van der Waals surface area (Å²) in [6.07, 6.45) is 0. The molecule has 94 valence electrons. The third kappa shape index (κ3) is 3.75. The largest absolute Gasteiger partial charge is 0.478 e. The molecular weight excluding hydrogens is 218 g/mol. The van der Waals surface area contributed by atoms with E-state index in [2.05, 4.69) is 5.32 Å². The van der Waals surface area contributed by atoms with Gasteiger partial charge in [-0.2, -0.15) is 0 Å². The molecule has 0 saturated heterocycles. The quantitative estimate of drug-likeness (QED) is 0.826. The zero-order valence-electron chi connectivity index (χ0n) is 10.7. The maximum Gasteiger partial charge on any atom is 0.337 e. The SMILES string of the molecule is COC(C)(C)CNc1cc(C)ccc1C(=O)O. The summed E-state index contributed by atoms with van der Waals surface area (Å²) in [5, 5.41) is 12.2. The molecule has 17 heavy (non-hydrogen) atoms. The molecule has 0 unspecified atom stereocenters. The van der Waals surface area contributed by atoms with Gasteiger partial charge in [0.25, 0.3) is 0 Å². The topological polar surface area (TPSA) is 58.6 Å². The van der Waals surface area contributed by atoms with Crippen LogP contribution in [0.4, 0.5) is 5.69 Å². The maximum absolute atomic E-state index is 11.1. The molecular formula is C13H19NO3. The molecule has 0 fully saturated rings. The van der Waals surface area contributed by atoms with E-state index in [1.807, 2.05) is 26.8 Å². The second-order valence-electron chi connectivity index (χ2n) is 4.67. The lowest BCUT2D eigenvalue weighted by molar-refractivity contribution is 0.0343. The molecule has 0 bridgehead atoms. The van der Waals surface area contributed by atoms with Crippen molar-refractivity contribution in [2.45, 2.75) is 26.4 Å². The highest BCUT2D eigenvalue weighted by molar-refractivity contribution is 5.94. The Morgan fingerprint density at radius 1 is 1.47 bits per heavy atom. The van der Waals surface area contributed by atoms with Crippen LogP contribution in [0.1, 0.15) is 29.8 Å². The van der Waals surface area contributed by atoms with Gasteiger partial charge in [-0.25, -0.2) is 4.79 Å². The summed E-state index contributed by atoms with van der Waals surface area (Å²) in [4.78, 5) is 11.1. The summed E-state index contributed by atoms with van der Waals surface area (Å²) in [5.74, 6) is -0.928. The normalized spacial score (nSPS) is 11.3. The molecule has 0 amide bonds. The first kappa shape index (κ1) is 13.5. The lowest BCUT2D eigenvalue weighted by Crippen LogP contribution is -2.32. The van der Waals surface area contributed by atoms with Crippen molar-refractivity contribution < 1.29 is 14.6 Å². The summed E-state index contributed by atoms with van der Waals surface area (Å²) < 4.78 is 5.28. The van der Waals surface area contributed by atoms with Gasteiger partial charge in [0.2, 0.25) is 0 Å². The molecule has 1 aromatic carbocycles. The van der Waals surface area contributed by atoms with Crippen LogP contribution in [-0.2, 0) is 4.74 Å². The van der Waals surface area contributed by atoms with Crippen LogP contribution in [0.25, 0.3) is 0 Å². The fourth-order valence-corrected chi connectivity index (χ4v) is 1.37. The van der Waals surface area contributed by atoms with Crippen LogP contribution < -0.4 is 5.32 Å². The van der Waals surface area contributed by atoms with Gasteiger partial charge in [0.15, 0.2) is 0 Å². The van der Waals surface area contributed by atoms with Crippen LogP contribution in [0, 0.1) is 6.92 Å². The molecule has 0 atom stereocenters. The zero-order chi connectivity index (χ0) is 13.1. The Bertz CT molecular complexity index is 413. The summed E-state index contributed by atoms with van der Waals surface area (Å²) in [6, 6.07) is 5.23. The molecule has 0 aliphatic carbocycles. The number of hydrogen-bond donors (Lipinski definition) is 2. The Kier molecular flexibility index (Phi) is 4.12. The monoisotopic (exact) mass is 237 g/mol. The number of carboxylic acid groups (broad SMARTS) is 1. The lowest BCUT2D eigenvalue weighted by atomic mass is 10.1. The Balaban J connectivity index is 2.89. The number of methoxy groups -OCH3 is 1. The maximum atomic E-state index is 11.1. The van der Waals surface area contributed by atoms with Crippen molar-refractivity contribution in [1.82, 2.24) is 0 Å². The van der Waals surface area contributed by atoms with Gasteiger partial charge in [-0.15, -0.1) is 0 Å². The van der Waals surface area contributed by atoms with Crippen LogP contribution in [0.3, 0.4) is 0 Å². The van der Waals surface area contributed by atoms with Crippen molar-refractivity contribution in [1.29, 1.82) is 0 Å². The predicted molar refractivity (Wildman–Crippen MR) is 67.7 cm³/mol. The van der Waals surface area contributed by atoms with Gasteiger partial charge < -0.3 is 15.2 Å². The molecule has 0 radical (unpaired) electrons. The molecule has 0 saturated carbocycles. The minimum atomic E-state index is -0.928. The van der Waals surface area contributed by atoms with Crippen molar-refractivity contribution in [3.05, 3.63) is 29.3 Å². The third-order valence-corrected chi connectivity index (χ3v) is 2.66. The number of aryl methyl sites for hydroxylation is 1. The van der Waals surface area contributed by atoms with Crippen LogP contribution >= 0.6 is 0 Å². The number of rotatable bonds is 5. The summed E-state index contributed by atoms with van der Waals surface area (Å²) in [6.45, 7) is 6.36. The van der Waals surface area contributed by atoms with Gasteiger partial charge in [0, 0.05) is 19.3 Å². The van der Waals surface area contributed by atoms with Crippen molar-refractivity contribution in [2.75, 3.05) is 19.0 Å². The minimum absolute atomic E-state index is 0.280. The average Bonchev–Trinajstić information content (AvgIpc) is 2.26. The van der Waals surface area contributed by atoms with Crippen LogP contribution in [0.15, 0.2) is 18.2 Å². The van der Waals surface area contributed by atoms with Crippen molar-refractivity contribution in [2.24, 2.45) is 0 Å². The molecule has 1 rings (SSSR count). The molecule has 0 aliphatic rings. The number of hydrogen-bond acceptors (Lipinski definition) is 3. The fourth-order valence-electron chi connectivity index (χ4n) is 1.37. The van der Waals surface area contributed by atoms with E-state index in [1.165, 1.54) is 0 Å². The van der Waals surface area contributed by atoms with Gasteiger partial charge in [0.05, 0.1) is 11.2 Å². The van der Waals surface area contributed by atoms with Gasteiger partial charge in [-0.3, -0.25) is 0 Å². The first-order valence-corrected chi connectivity index (χ1v) is 5.49. The van der Waals surface area contributed by atoms with E-state index in [-0.39, 0.29) is 11.2 Å². The predicted octanol–water partition coefficient (Wildman–Crippen LogP) is 2.53. The molecule has 4 heteroatoms. The van der Waals surface area contributed by atoms with Gasteiger partial charge in [0.1, 0.15) is 0 Å². The summed E-state index contributed by atoms with van der Waals surface area (Å²) >= 11 is 0. The number of carbonyl (C=O) groups is 1. The first-order valence-electron chi connectivity index (χ1n) is 5.49. The minimum Gasteiger partial charge on any atom is -0.478 e. The zero-order valence-corrected chi connectivity index (χ0v) is 10.7. The second kappa shape index (κ2) is 5.19. The van der Waals surface area contributed by atoms with Crippen molar-refractivity contribution in [3.8, 4) is 0 Å². The first-order chi connectivity index (χ1) is 7.85. The van der Waals surface area contributed by atoms with Crippen LogP contribution in [-0.4, -0.2) is 30.3 Å². The van der Waals surface area contributed by atoms with Gasteiger partial charge >= 0.3 is 5.97 Å². The fraction of sp³-hybridized carbons (Fsp3) is 0.462. The number of benzene rings is 1. The van der Waals surface area contributed by atoms with E-state index in [0.29, 0.717) is 12.2 Å². The molecule has 0 aliphatic heterocycles. The van der Waals surface area contributed by atoms with E-state index >= 15 is 0 Å². The lowest BCUT2D eigenvalue weighted by Gasteiger charge is -2.24. The van der Waals surface area contributed by atoms with E-state index in [1.54, 1.807) is 19.2 Å².